The topological polar surface area (TPSA) is 38.5 Å². The van der Waals surface area contributed by atoms with E-state index in [1.165, 1.54) is 19.5 Å². The first-order valence-corrected chi connectivity index (χ1v) is 6.48. The molecule has 0 aromatic rings. The molecule has 0 amide bonds. The maximum absolute atomic E-state index is 6.33. The van der Waals surface area contributed by atoms with Crippen LogP contribution in [0.1, 0.15) is 33.6 Å². The van der Waals surface area contributed by atoms with E-state index in [4.69, 9.17) is 10.5 Å². The molecule has 0 aromatic heterocycles. The molecule has 3 nitrogen and oxygen atoms in total. The van der Waals surface area contributed by atoms with E-state index in [1.54, 1.807) is 0 Å². The van der Waals surface area contributed by atoms with Crippen LogP contribution >= 0.6 is 0 Å². The predicted octanol–water partition coefficient (Wildman–Crippen LogP) is 1.47. The Kier molecular flexibility index (Phi) is 3.30. The van der Waals surface area contributed by atoms with Crippen molar-refractivity contribution in [3.63, 3.8) is 0 Å². The largest absolute Gasteiger partial charge is 0.379 e. The number of likely N-dealkylation sites (tertiary alicyclic amines) is 1. The van der Waals surface area contributed by atoms with Crippen molar-refractivity contribution in [3.8, 4) is 0 Å². The monoisotopic (exact) mass is 226 g/mol. The zero-order valence-electron chi connectivity index (χ0n) is 11.0. The lowest BCUT2D eigenvalue weighted by molar-refractivity contribution is 0.155. The van der Waals surface area contributed by atoms with Gasteiger partial charge in [0.25, 0.3) is 0 Å². The minimum Gasteiger partial charge on any atom is -0.379 e. The van der Waals surface area contributed by atoms with Gasteiger partial charge >= 0.3 is 0 Å². The first-order chi connectivity index (χ1) is 7.39. The molecule has 2 N–H and O–H groups in total. The van der Waals surface area contributed by atoms with E-state index in [9.17, 15) is 0 Å². The second-order valence-electron chi connectivity index (χ2n) is 6.75. The highest BCUT2D eigenvalue weighted by Gasteiger charge is 2.37. The van der Waals surface area contributed by atoms with Crippen molar-refractivity contribution in [1.82, 2.24) is 4.90 Å². The standard InChI is InChI=1S/C13H26N2O/c1-12(2,3)11-4-6-15(8-11)9-13(14)5-7-16-10-13/h11H,4-10,14H2,1-3H3. The summed E-state index contributed by atoms with van der Waals surface area (Å²) >= 11 is 0. The molecule has 0 radical (unpaired) electrons. The van der Waals surface area contributed by atoms with Gasteiger partial charge in [0.1, 0.15) is 0 Å². The lowest BCUT2D eigenvalue weighted by Crippen LogP contribution is -2.50. The van der Waals surface area contributed by atoms with Crippen LogP contribution in [0.2, 0.25) is 0 Å². The van der Waals surface area contributed by atoms with E-state index in [-0.39, 0.29) is 5.54 Å². The number of hydrogen-bond donors (Lipinski definition) is 1. The number of ether oxygens (including phenoxy) is 1. The Morgan fingerprint density at radius 2 is 2.19 bits per heavy atom. The van der Waals surface area contributed by atoms with E-state index in [2.05, 4.69) is 25.7 Å². The van der Waals surface area contributed by atoms with Crippen LogP contribution in [-0.4, -0.2) is 43.3 Å². The molecule has 2 aliphatic heterocycles. The number of nitrogens with two attached hydrogens (primary N) is 1. The van der Waals surface area contributed by atoms with E-state index in [1.807, 2.05) is 0 Å². The fourth-order valence-electron chi connectivity index (χ4n) is 2.88. The molecule has 2 heterocycles. The van der Waals surface area contributed by atoms with Crippen LogP contribution in [0, 0.1) is 11.3 Å². The van der Waals surface area contributed by atoms with Gasteiger partial charge in [0.15, 0.2) is 0 Å². The Hall–Kier alpha value is -0.120. The van der Waals surface area contributed by atoms with Gasteiger partial charge in [0.2, 0.25) is 0 Å². The molecule has 0 spiro atoms. The average molecular weight is 226 g/mol. The molecule has 2 unspecified atom stereocenters. The number of nitrogens with zero attached hydrogens (tertiary/aromatic N) is 1. The zero-order chi connectivity index (χ0) is 11.8. The highest BCUT2D eigenvalue weighted by Crippen LogP contribution is 2.34. The van der Waals surface area contributed by atoms with E-state index >= 15 is 0 Å². The molecule has 0 saturated carbocycles. The molecule has 0 aliphatic carbocycles. The molecular formula is C13H26N2O. The Morgan fingerprint density at radius 3 is 2.69 bits per heavy atom. The molecule has 2 saturated heterocycles. The van der Waals surface area contributed by atoms with Gasteiger partial charge in [-0.1, -0.05) is 20.8 Å². The predicted molar refractivity (Wildman–Crippen MR) is 66.4 cm³/mol. The SMILES string of the molecule is CC(C)(C)C1CCN(CC2(N)CCOC2)C1. The molecule has 2 aliphatic rings. The van der Waals surface area contributed by atoms with Gasteiger partial charge < -0.3 is 15.4 Å². The van der Waals surface area contributed by atoms with Crippen LogP contribution in [0.15, 0.2) is 0 Å². The Balaban J connectivity index is 1.85. The van der Waals surface area contributed by atoms with Gasteiger partial charge in [0, 0.05) is 19.7 Å². The Labute approximate surface area is 99.3 Å². The number of rotatable bonds is 2. The van der Waals surface area contributed by atoms with Crippen LogP contribution in [0.3, 0.4) is 0 Å². The second-order valence-corrected chi connectivity index (χ2v) is 6.75. The first kappa shape index (κ1) is 12.3. The maximum atomic E-state index is 6.33. The Bertz CT molecular complexity index is 241. The summed E-state index contributed by atoms with van der Waals surface area (Å²) in [5.41, 5.74) is 6.68. The van der Waals surface area contributed by atoms with Crippen molar-refractivity contribution >= 4 is 0 Å². The lowest BCUT2D eigenvalue weighted by Gasteiger charge is -2.30. The Morgan fingerprint density at radius 1 is 1.44 bits per heavy atom. The third-order valence-electron chi connectivity index (χ3n) is 4.17. The number of hydrogen-bond acceptors (Lipinski definition) is 3. The van der Waals surface area contributed by atoms with E-state index in [0.717, 1.165) is 32.1 Å². The van der Waals surface area contributed by atoms with Crippen molar-refractivity contribution in [2.45, 2.75) is 39.2 Å². The van der Waals surface area contributed by atoms with Gasteiger partial charge in [-0.2, -0.15) is 0 Å². The van der Waals surface area contributed by atoms with Gasteiger partial charge in [-0.15, -0.1) is 0 Å². The fourth-order valence-corrected chi connectivity index (χ4v) is 2.88. The molecule has 16 heavy (non-hydrogen) atoms. The van der Waals surface area contributed by atoms with E-state index in [0.29, 0.717) is 5.41 Å². The summed E-state index contributed by atoms with van der Waals surface area (Å²) in [4.78, 5) is 2.53. The van der Waals surface area contributed by atoms with Crippen LogP contribution < -0.4 is 5.73 Å². The van der Waals surface area contributed by atoms with Gasteiger partial charge in [0.05, 0.1) is 12.1 Å². The molecule has 94 valence electrons. The normalized spacial score (nSPS) is 37.1. The molecule has 0 bridgehead atoms. The molecule has 0 aromatic carbocycles. The van der Waals surface area contributed by atoms with E-state index < -0.39 is 0 Å². The maximum Gasteiger partial charge on any atom is 0.0659 e. The van der Waals surface area contributed by atoms with Crippen LogP contribution in [0.5, 0.6) is 0 Å². The van der Waals surface area contributed by atoms with Gasteiger partial charge in [-0.3, -0.25) is 0 Å². The van der Waals surface area contributed by atoms with Crippen LogP contribution in [0.4, 0.5) is 0 Å². The summed E-state index contributed by atoms with van der Waals surface area (Å²) in [6.45, 7) is 12.0. The van der Waals surface area contributed by atoms with Crippen LogP contribution in [0.25, 0.3) is 0 Å². The van der Waals surface area contributed by atoms with Gasteiger partial charge in [-0.25, -0.2) is 0 Å². The third-order valence-corrected chi connectivity index (χ3v) is 4.17. The minimum absolute atomic E-state index is 0.0766. The highest BCUT2D eigenvalue weighted by atomic mass is 16.5. The zero-order valence-corrected chi connectivity index (χ0v) is 11.0. The summed E-state index contributed by atoms with van der Waals surface area (Å²) in [5.74, 6) is 0.818. The van der Waals surface area contributed by atoms with Crippen LogP contribution in [-0.2, 0) is 4.74 Å². The fraction of sp³-hybridized carbons (Fsp3) is 1.00. The second kappa shape index (κ2) is 4.28. The van der Waals surface area contributed by atoms with Crippen molar-refractivity contribution in [2.75, 3.05) is 32.8 Å². The van der Waals surface area contributed by atoms with Crippen molar-refractivity contribution < 1.29 is 4.74 Å². The molecular weight excluding hydrogens is 200 g/mol. The summed E-state index contributed by atoms with van der Waals surface area (Å²) in [6.07, 6.45) is 2.34. The summed E-state index contributed by atoms with van der Waals surface area (Å²) in [7, 11) is 0. The minimum atomic E-state index is -0.0766. The van der Waals surface area contributed by atoms with Gasteiger partial charge in [-0.05, 0) is 30.7 Å². The highest BCUT2D eigenvalue weighted by molar-refractivity contribution is 4.94. The average Bonchev–Trinajstić information content (AvgIpc) is 2.74. The third kappa shape index (κ3) is 2.76. The molecule has 2 rings (SSSR count). The first-order valence-electron chi connectivity index (χ1n) is 6.48. The summed E-state index contributed by atoms with van der Waals surface area (Å²) < 4.78 is 5.41. The molecule has 2 atom stereocenters. The smallest absolute Gasteiger partial charge is 0.0659 e. The van der Waals surface area contributed by atoms with Crippen molar-refractivity contribution in [1.29, 1.82) is 0 Å². The van der Waals surface area contributed by atoms with Crippen molar-refractivity contribution in [2.24, 2.45) is 17.1 Å². The lowest BCUT2D eigenvalue weighted by atomic mass is 9.80. The van der Waals surface area contributed by atoms with Crippen molar-refractivity contribution in [3.05, 3.63) is 0 Å². The molecule has 2 fully saturated rings. The molecule has 3 heteroatoms. The summed E-state index contributed by atoms with van der Waals surface area (Å²) in [5, 5.41) is 0. The summed E-state index contributed by atoms with van der Waals surface area (Å²) in [6, 6.07) is 0. The quantitative estimate of drug-likeness (QED) is 0.775.